The van der Waals surface area contributed by atoms with E-state index in [1.54, 1.807) is 19.2 Å². The van der Waals surface area contributed by atoms with Crippen molar-refractivity contribution < 1.29 is 13.9 Å². The van der Waals surface area contributed by atoms with Crippen molar-refractivity contribution in [3.8, 4) is 17.1 Å². The standard InChI is InChI=1S/C12H9ClO3/c1-15-9-4-2-8(3-5-9)10-6-7-11(16-10)12(13)14/h2-7H,1H3. The van der Waals surface area contributed by atoms with E-state index in [-0.39, 0.29) is 5.76 Å². The van der Waals surface area contributed by atoms with Crippen molar-refractivity contribution in [3.05, 3.63) is 42.2 Å². The molecule has 0 spiro atoms. The molecule has 0 atom stereocenters. The van der Waals surface area contributed by atoms with Gasteiger partial charge in [0.15, 0.2) is 5.76 Å². The van der Waals surface area contributed by atoms with E-state index in [0.29, 0.717) is 5.76 Å². The zero-order chi connectivity index (χ0) is 11.5. The molecule has 0 unspecified atom stereocenters. The summed E-state index contributed by atoms with van der Waals surface area (Å²) in [5, 5.41) is -0.597. The maximum atomic E-state index is 10.8. The smallest absolute Gasteiger partial charge is 0.287 e. The summed E-state index contributed by atoms with van der Waals surface area (Å²) in [6, 6.07) is 10.6. The predicted molar refractivity (Wildman–Crippen MR) is 60.9 cm³/mol. The van der Waals surface area contributed by atoms with E-state index in [1.165, 1.54) is 0 Å². The Labute approximate surface area is 97.6 Å². The molecule has 3 nitrogen and oxygen atoms in total. The molecule has 4 heteroatoms. The van der Waals surface area contributed by atoms with Gasteiger partial charge in [-0.05, 0) is 48.0 Å². The van der Waals surface area contributed by atoms with Gasteiger partial charge in [0.2, 0.25) is 0 Å². The first-order valence-electron chi connectivity index (χ1n) is 4.65. The second kappa shape index (κ2) is 4.41. The highest BCUT2D eigenvalue weighted by atomic mass is 35.5. The fourth-order valence-electron chi connectivity index (χ4n) is 1.35. The number of hydrogen-bond acceptors (Lipinski definition) is 3. The second-order valence-corrected chi connectivity index (χ2v) is 3.51. The number of halogens is 1. The second-order valence-electron chi connectivity index (χ2n) is 3.17. The fourth-order valence-corrected chi connectivity index (χ4v) is 1.46. The molecule has 0 saturated carbocycles. The third-order valence-corrected chi connectivity index (χ3v) is 2.36. The van der Waals surface area contributed by atoms with E-state index in [4.69, 9.17) is 20.8 Å². The molecule has 0 aliphatic heterocycles. The van der Waals surface area contributed by atoms with Gasteiger partial charge in [-0.3, -0.25) is 4.79 Å². The summed E-state index contributed by atoms with van der Waals surface area (Å²) in [4.78, 5) is 10.8. The molecule has 82 valence electrons. The van der Waals surface area contributed by atoms with E-state index in [9.17, 15) is 4.79 Å². The molecule has 0 N–H and O–H groups in total. The molecule has 0 aliphatic carbocycles. The molecule has 0 bridgehead atoms. The Bertz CT molecular complexity index is 499. The predicted octanol–water partition coefficient (Wildman–Crippen LogP) is 3.33. The van der Waals surface area contributed by atoms with Crippen molar-refractivity contribution in [2.24, 2.45) is 0 Å². The minimum Gasteiger partial charge on any atom is -0.497 e. The maximum absolute atomic E-state index is 10.8. The van der Waals surface area contributed by atoms with Gasteiger partial charge in [-0.15, -0.1) is 0 Å². The number of ether oxygens (including phenoxy) is 1. The van der Waals surface area contributed by atoms with Crippen LogP contribution in [-0.4, -0.2) is 12.4 Å². The maximum Gasteiger partial charge on any atom is 0.287 e. The fraction of sp³-hybridized carbons (Fsp3) is 0.0833. The molecule has 1 aromatic heterocycles. The van der Waals surface area contributed by atoms with Crippen LogP contribution in [0.15, 0.2) is 40.8 Å². The Morgan fingerprint density at radius 2 is 1.88 bits per heavy atom. The number of carbonyl (C=O) groups excluding carboxylic acids is 1. The van der Waals surface area contributed by atoms with Crippen LogP contribution in [0.25, 0.3) is 11.3 Å². The SMILES string of the molecule is COc1ccc(-c2ccc(C(=O)Cl)o2)cc1. The van der Waals surface area contributed by atoms with Gasteiger partial charge >= 0.3 is 0 Å². The normalized spacial score (nSPS) is 10.1. The summed E-state index contributed by atoms with van der Waals surface area (Å²) in [5.41, 5.74) is 0.866. The van der Waals surface area contributed by atoms with E-state index in [1.807, 2.05) is 24.3 Å². The average molecular weight is 237 g/mol. The largest absolute Gasteiger partial charge is 0.497 e. The summed E-state index contributed by atoms with van der Waals surface area (Å²) in [6.07, 6.45) is 0. The lowest BCUT2D eigenvalue weighted by atomic mass is 10.2. The highest BCUT2D eigenvalue weighted by Gasteiger charge is 2.09. The van der Waals surface area contributed by atoms with E-state index in [0.717, 1.165) is 11.3 Å². The van der Waals surface area contributed by atoms with Crippen LogP contribution in [0.4, 0.5) is 0 Å². The van der Waals surface area contributed by atoms with Crippen LogP contribution in [0.3, 0.4) is 0 Å². The van der Waals surface area contributed by atoms with Crippen LogP contribution >= 0.6 is 11.6 Å². The topological polar surface area (TPSA) is 39.4 Å². The number of rotatable bonds is 3. The lowest BCUT2D eigenvalue weighted by Crippen LogP contribution is -1.83. The van der Waals surface area contributed by atoms with Crippen LogP contribution in [0.5, 0.6) is 5.75 Å². The Morgan fingerprint density at radius 3 is 2.38 bits per heavy atom. The Kier molecular flexibility index (Phi) is 2.97. The lowest BCUT2D eigenvalue weighted by Gasteiger charge is -2.00. The van der Waals surface area contributed by atoms with Gasteiger partial charge in [0.25, 0.3) is 5.24 Å². The number of carbonyl (C=O) groups is 1. The van der Waals surface area contributed by atoms with Crippen molar-refractivity contribution in [1.29, 1.82) is 0 Å². The van der Waals surface area contributed by atoms with Crippen molar-refractivity contribution in [2.75, 3.05) is 7.11 Å². The van der Waals surface area contributed by atoms with Crippen LogP contribution in [0.1, 0.15) is 10.6 Å². The van der Waals surface area contributed by atoms with Gasteiger partial charge in [0.1, 0.15) is 11.5 Å². The minimum absolute atomic E-state index is 0.146. The molecule has 1 heterocycles. The summed E-state index contributed by atoms with van der Waals surface area (Å²) >= 11 is 5.30. The van der Waals surface area contributed by atoms with Gasteiger partial charge in [0.05, 0.1) is 7.11 Å². The average Bonchev–Trinajstić information content (AvgIpc) is 2.78. The van der Waals surface area contributed by atoms with E-state index >= 15 is 0 Å². The number of benzene rings is 1. The monoisotopic (exact) mass is 236 g/mol. The first-order valence-corrected chi connectivity index (χ1v) is 5.02. The Morgan fingerprint density at radius 1 is 1.19 bits per heavy atom. The quantitative estimate of drug-likeness (QED) is 0.768. The first kappa shape index (κ1) is 10.8. The molecule has 1 aromatic carbocycles. The summed E-state index contributed by atoms with van der Waals surface area (Å²) in [5.74, 6) is 1.52. The molecular formula is C12H9ClO3. The summed E-state index contributed by atoms with van der Waals surface area (Å²) in [7, 11) is 1.60. The van der Waals surface area contributed by atoms with Gasteiger partial charge in [0, 0.05) is 5.56 Å². The highest BCUT2D eigenvalue weighted by Crippen LogP contribution is 2.24. The van der Waals surface area contributed by atoms with Gasteiger partial charge < -0.3 is 9.15 Å². The van der Waals surface area contributed by atoms with E-state index in [2.05, 4.69) is 0 Å². The molecule has 0 saturated heterocycles. The Balaban J connectivity index is 2.31. The van der Waals surface area contributed by atoms with Crippen molar-refractivity contribution >= 4 is 16.8 Å². The zero-order valence-electron chi connectivity index (χ0n) is 8.57. The van der Waals surface area contributed by atoms with Crippen LogP contribution < -0.4 is 4.74 Å². The third kappa shape index (κ3) is 2.09. The zero-order valence-corrected chi connectivity index (χ0v) is 9.32. The van der Waals surface area contributed by atoms with Crippen LogP contribution in [0.2, 0.25) is 0 Å². The molecule has 16 heavy (non-hydrogen) atoms. The molecule has 0 amide bonds. The summed E-state index contributed by atoms with van der Waals surface area (Å²) < 4.78 is 10.3. The molecule has 0 radical (unpaired) electrons. The molecule has 0 aliphatic rings. The molecular weight excluding hydrogens is 228 g/mol. The number of furan rings is 1. The molecule has 2 rings (SSSR count). The van der Waals surface area contributed by atoms with Crippen molar-refractivity contribution in [1.82, 2.24) is 0 Å². The van der Waals surface area contributed by atoms with Gasteiger partial charge in [-0.25, -0.2) is 0 Å². The number of methoxy groups -OCH3 is 1. The molecule has 2 aromatic rings. The highest BCUT2D eigenvalue weighted by molar-refractivity contribution is 6.67. The lowest BCUT2D eigenvalue weighted by molar-refractivity contribution is 0.105. The van der Waals surface area contributed by atoms with E-state index < -0.39 is 5.24 Å². The first-order chi connectivity index (χ1) is 7.70. The third-order valence-electron chi connectivity index (χ3n) is 2.17. The van der Waals surface area contributed by atoms with Gasteiger partial charge in [-0.1, -0.05) is 0 Å². The Hall–Kier alpha value is -1.74. The minimum atomic E-state index is -0.597. The van der Waals surface area contributed by atoms with Crippen molar-refractivity contribution in [3.63, 3.8) is 0 Å². The summed E-state index contributed by atoms with van der Waals surface area (Å²) in [6.45, 7) is 0. The van der Waals surface area contributed by atoms with Crippen molar-refractivity contribution in [2.45, 2.75) is 0 Å². The number of hydrogen-bond donors (Lipinski definition) is 0. The van der Waals surface area contributed by atoms with Crippen LogP contribution in [0, 0.1) is 0 Å². The van der Waals surface area contributed by atoms with Gasteiger partial charge in [-0.2, -0.15) is 0 Å². The molecule has 0 fully saturated rings. The van der Waals surface area contributed by atoms with Crippen LogP contribution in [-0.2, 0) is 0 Å².